The Hall–Kier alpha value is -0.170. The lowest BCUT2D eigenvalue weighted by Gasteiger charge is -2.33. The minimum absolute atomic E-state index is 0.244. The second-order valence-electron chi connectivity index (χ2n) is 4.91. The minimum Gasteiger partial charge on any atom is -0.352 e. The number of ether oxygens (including phenoxy) is 2. The van der Waals surface area contributed by atoms with Gasteiger partial charge in [-0.25, -0.2) is 0 Å². The molecule has 1 heterocycles. The van der Waals surface area contributed by atoms with Gasteiger partial charge in [-0.05, 0) is 19.3 Å². The predicted octanol–water partition coefficient (Wildman–Crippen LogP) is 1.53. The molecule has 1 aliphatic rings. The average molecular weight is 266 g/mol. The predicted molar refractivity (Wildman–Crippen MR) is 64.1 cm³/mol. The van der Waals surface area contributed by atoms with Crippen molar-refractivity contribution >= 4 is 10.1 Å². The van der Waals surface area contributed by atoms with E-state index in [0.717, 1.165) is 6.26 Å². The van der Waals surface area contributed by atoms with Crippen molar-refractivity contribution < 1.29 is 22.1 Å². The molecule has 1 saturated heterocycles. The highest BCUT2D eigenvalue weighted by Crippen LogP contribution is 2.24. The van der Waals surface area contributed by atoms with Crippen molar-refractivity contribution in [3.63, 3.8) is 0 Å². The van der Waals surface area contributed by atoms with Crippen molar-refractivity contribution in [2.45, 2.75) is 52.1 Å². The summed E-state index contributed by atoms with van der Waals surface area (Å²) in [7, 11) is -3.42. The van der Waals surface area contributed by atoms with Crippen LogP contribution in [-0.4, -0.2) is 39.8 Å². The number of rotatable bonds is 5. The van der Waals surface area contributed by atoms with Crippen molar-refractivity contribution in [2.75, 3.05) is 12.9 Å². The first kappa shape index (κ1) is 14.9. The molecule has 0 saturated carbocycles. The molecule has 0 unspecified atom stereocenters. The maximum atomic E-state index is 11.0. The molecule has 0 spiro atoms. The summed E-state index contributed by atoms with van der Waals surface area (Å²) in [6.07, 6.45) is 1.45. The number of hydrogen-bond donors (Lipinski definition) is 0. The van der Waals surface area contributed by atoms with Gasteiger partial charge in [-0.2, -0.15) is 8.42 Å². The van der Waals surface area contributed by atoms with E-state index in [2.05, 4.69) is 13.8 Å². The van der Waals surface area contributed by atoms with E-state index in [1.807, 2.05) is 0 Å². The van der Waals surface area contributed by atoms with Crippen LogP contribution in [0.3, 0.4) is 0 Å². The molecule has 0 aromatic carbocycles. The normalized spacial score (nSPS) is 30.8. The molecule has 1 rings (SSSR count). The Labute approximate surface area is 104 Å². The Morgan fingerprint density at radius 2 is 2.00 bits per heavy atom. The van der Waals surface area contributed by atoms with Crippen molar-refractivity contribution in [1.82, 2.24) is 0 Å². The zero-order valence-corrected chi connectivity index (χ0v) is 11.7. The smallest absolute Gasteiger partial charge is 0.264 e. The highest BCUT2D eigenvalue weighted by Gasteiger charge is 2.31. The molecule has 0 amide bonds. The van der Waals surface area contributed by atoms with Gasteiger partial charge in [-0.3, -0.25) is 4.18 Å². The molecule has 1 fully saturated rings. The molecular weight excluding hydrogens is 244 g/mol. The highest BCUT2D eigenvalue weighted by molar-refractivity contribution is 7.86. The molecule has 3 atom stereocenters. The van der Waals surface area contributed by atoms with Crippen LogP contribution in [-0.2, 0) is 23.8 Å². The van der Waals surface area contributed by atoms with E-state index >= 15 is 0 Å². The van der Waals surface area contributed by atoms with Gasteiger partial charge >= 0.3 is 0 Å². The summed E-state index contributed by atoms with van der Waals surface area (Å²) in [6, 6.07) is 0. The fourth-order valence-corrected chi connectivity index (χ4v) is 2.41. The SMILES string of the molecule is CC(C)CO[C@H]1CC[C@H](OS(C)(=O)=O)[C@@H](C)O1. The third kappa shape index (κ3) is 5.81. The lowest BCUT2D eigenvalue weighted by Crippen LogP contribution is -2.40. The standard InChI is InChI=1S/C11H22O5S/c1-8(2)7-14-11-6-5-10(9(3)15-11)16-17(4,12)13/h8-11H,5-7H2,1-4H3/t9-,10+,11-/m1/s1. The second kappa shape index (κ2) is 6.13. The van der Waals surface area contributed by atoms with Gasteiger partial charge in [0.25, 0.3) is 10.1 Å². The van der Waals surface area contributed by atoms with Crippen molar-refractivity contribution in [2.24, 2.45) is 5.92 Å². The van der Waals surface area contributed by atoms with Crippen LogP contribution in [0.4, 0.5) is 0 Å². The zero-order chi connectivity index (χ0) is 13.1. The maximum Gasteiger partial charge on any atom is 0.264 e. The van der Waals surface area contributed by atoms with Gasteiger partial charge in [0, 0.05) is 6.42 Å². The van der Waals surface area contributed by atoms with Crippen LogP contribution in [0.2, 0.25) is 0 Å². The fraction of sp³-hybridized carbons (Fsp3) is 1.00. The molecule has 0 aliphatic carbocycles. The van der Waals surface area contributed by atoms with Crippen LogP contribution in [0.5, 0.6) is 0 Å². The summed E-state index contributed by atoms with van der Waals surface area (Å²) in [6.45, 7) is 6.60. The van der Waals surface area contributed by atoms with Gasteiger partial charge in [0.15, 0.2) is 6.29 Å². The molecule has 1 aliphatic heterocycles. The summed E-state index contributed by atoms with van der Waals surface area (Å²) in [5, 5.41) is 0. The van der Waals surface area contributed by atoms with Gasteiger partial charge < -0.3 is 9.47 Å². The largest absolute Gasteiger partial charge is 0.352 e. The molecule has 0 aromatic rings. The molecule has 102 valence electrons. The van der Waals surface area contributed by atoms with Crippen LogP contribution >= 0.6 is 0 Å². The van der Waals surface area contributed by atoms with E-state index in [4.69, 9.17) is 13.7 Å². The lowest BCUT2D eigenvalue weighted by atomic mass is 10.1. The summed E-state index contributed by atoms with van der Waals surface area (Å²) < 4.78 is 38.2. The summed E-state index contributed by atoms with van der Waals surface area (Å²) in [5.74, 6) is 0.457. The van der Waals surface area contributed by atoms with E-state index in [1.165, 1.54) is 0 Å². The Bertz CT molecular complexity index is 325. The van der Waals surface area contributed by atoms with Crippen LogP contribution in [0.15, 0.2) is 0 Å². The Kier molecular flexibility index (Phi) is 5.37. The fourth-order valence-electron chi connectivity index (χ4n) is 1.70. The third-order valence-corrected chi connectivity index (χ3v) is 3.09. The molecule has 0 radical (unpaired) electrons. The third-order valence-electron chi connectivity index (χ3n) is 2.49. The first-order valence-corrected chi connectivity index (χ1v) is 7.75. The van der Waals surface area contributed by atoms with E-state index in [0.29, 0.717) is 25.4 Å². The first-order chi connectivity index (χ1) is 7.78. The zero-order valence-electron chi connectivity index (χ0n) is 10.9. The minimum atomic E-state index is -3.42. The van der Waals surface area contributed by atoms with Gasteiger partial charge in [0.2, 0.25) is 0 Å². The van der Waals surface area contributed by atoms with E-state index < -0.39 is 16.2 Å². The molecule has 6 heteroatoms. The van der Waals surface area contributed by atoms with Gasteiger partial charge in [-0.15, -0.1) is 0 Å². The maximum absolute atomic E-state index is 11.0. The Morgan fingerprint density at radius 3 is 2.47 bits per heavy atom. The summed E-state index contributed by atoms with van der Waals surface area (Å²) >= 11 is 0. The Morgan fingerprint density at radius 1 is 1.35 bits per heavy atom. The second-order valence-corrected chi connectivity index (χ2v) is 6.51. The van der Waals surface area contributed by atoms with Gasteiger partial charge in [-0.1, -0.05) is 13.8 Å². The quantitative estimate of drug-likeness (QED) is 0.706. The van der Waals surface area contributed by atoms with Crippen molar-refractivity contribution in [3.8, 4) is 0 Å². The van der Waals surface area contributed by atoms with Crippen LogP contribution < -0.4 is 0 Å². The monoisotopic (exact) mass is 266 g/mol. The average Bonchev–Trinajstić information content (AvgIpc) is 2.17. The van der Waals surface area contributed by atoms with Crippen LogP contribution in [0, 0.1) is 5.92 Å². The van der Waals surface area contributed by atoms with Crippen molar-refractivity contribution in [3.05, 3.63) is 0 Å². The highest BCUT2D eigenvalue weighted by atomic mass is 32.2. The molecule has 0 N–H and O–H groups in total. The topological polar surface area (TPSA) is 61.8 Å². The summed E-state index contributed by atoms with van der Waals surface area (Å²) in [5.41, 5.74) is 0. The van der Waals surface area contributed by atoms with Crippen LogP contribution in [0.25, 0.3) is 0 Å². The Balaban J connectivity index is 2.39. The first-order valence-electron chi connectivity index (χ1n) is 5.93. The molecule has 0 bridgehead atoms. The van der Waals surface area contributed by atoms with E-state index in [1.54, 1.807) is 6.92 Å². The molecule has 17 heavy (non-hydrogen) atoms. The van der Waals surface area contributed by atoms with E-state index in [9.17, 15) is 8.42 Å². The van der Waals surface area contributed by atoms with Crippen molar-refractivity contribution in [1.29, 1.82) is 0 Å². The van der Waals surface area contributed by atoms with E-state index in [-0.39, 0.29) is 12.4 Å². The molecule has 0 aromatic heterocycles. The summed E-state index contributed by atoms with van der Waals surface area (Å²) in [4.78, 5) is 0. The lowest BCUT2D eigenvalue weighted by molar-refractivity contribution is -0.215. The number of hydrogen-bond acceptors (Lipinski definition) is 5. The van der Waals surface area contributed by atoms with Gasteiger partial charge in [0.05, 0.1) is 19.0 Å². The van der Waals surface area contributed by atoms with Crippen LogP contribution in [0.1, 0.15) is 33.6 Å². The van der Waals surface area contributed by atoms with Gasteiger partial charge in [0.1, 0.15) is 6.10 Å². The molecular formula is C11H22O5S. The molecule has 5 nitrogen and oxygen atoms in total.